The lowest BCUT2D eigenvalue weighted by Gasteiger charge is -2.30. The van der Waals surface area contributed by atoms with Crippen LogP contribution in [0.25, 0.3) is 0 Å². The molecule has 3 nitrogen and oxygen atoms in total. The minimum absolute atomic E-state index is 0. The second kappa shape index (κ2) is 4.53. The maximum Gasteiger partial charge on any atom is 0.278 e. The monoisotopic (exact) mass is 285 g/mol. The van der Waals surface area contributed by atoms with Gasteiger partial charge in [0.1, 0.15) is 6.04 Å². The smallest absolute Gasteiger partial charge is 0.278 e. The van der Waals surface area contributed by atoms with E-state index in [1.165, 1.54) is 17.1 Å². The van der Waals surface area contributed by atoms with Crippen molar-refractivity contribution in [1.82, 2.24) is 4.90 Å². The van der Waals surface area contributed by atoms with Gasteiger partial charge < -0.3 is 18.1 Å². The molecule has 4 heteroatoms. The van der Waals surface area contributed by atoms with Crippen molar-refractivity contribution in [1.29, 1.82) is 0 Å². The summed E-state index contributed by atoms with van der Waals surface area (Å²) in [5, 5.41) is 0. The van der Waals surface area contributed by atoms with Gasteiger partial charge in [0.2, 0.25) is 0 Å². The van der Waals surface area contributed by atoms with E-state index in [2.05, 4.69) is 65.1 Å². The predicted octanol–water partition coefficient (Wildman–Crippen LogP) is -1.55. The quantitative estimate of drug-likeness (QED) is 0.547. The first-order valence-electron chi connectivity index (χ1n) is 6.57. The second-order valence-electron chi connectivity index (χ2n) is 5.22. The Hall–Kier alpha value is -2.00. The van der Waals surface area contributed by atoms with Crippen LogP contribution in [-0.2, 0) is 0 Å². The summed E-state index contributed by atoms with van der Waals surface area (Å²) >= 11 is 0. The highest BCUT2D eigenvalue weighted by Crippen LogP contribution is 2.34. The van der Waals surface area contributed by atoms with Gasteiger partial charge in [-0.25, -0.2) is 9.48 Å². The first kappa shape index (κ1) is 13.0. The van der Waals surface area contributed by atoms with Crippen molar-refractivity contribution < 1.29 is 17.0 Å². The number of fused-ring (bicyclic) bond motifs is 5. The lowest BCUT2D eigenvalue weighted by Crippen LogP contribution is -3.00. The Morgan fingerprint density at radius 1 is 1.10 bits per heavy atom. The van der Waals surface area contributed by atoms with E-state index in [1.807, 2.05) is 6.08 Å². The van der Waals surface area contributed by atoms with Gasteiger partial charge in [0.05, 0.1) is 7.05 Å². The normalized spacial score (nSPS) is 29.1. The molecule has 0 saturated heterocycles. The van der Waals surface area contributed by atoms with E-state index in [-0.39, 0.29) is 18.4 Å². The molecule has 2 heterocycles. The zero-order valence-corrected chi connectivity index (χ0v) is 12.0. The van der Waals surface area contributed by atoms with Crippen LogP contribution in [0.1, 0.15) is 0 Å². The standard InChI is InChI=1S/C16H16N3.ClH/c1-18-14-4-2-3-5-15(14)19-13-8-7-12(17)10-11(13)6-9-16(18)19;/h2-10,13,15H,17H2,1H3;1H/q+1;/p-1. The van der Waals surface area contributed by atoms with Crippen molar-refractivity contribution in [2.45, 2.75) is 12.1 Å². The Kier molecular flexibility index (Phi) is 2.94. The number of hydrogen-bond donors (Lipinski definition) is 1. The number of allylic oxidation sites excluding steroid dienone is 5. The molecule has 2 aliphatic heterocycles. The molecule has 2 aliphatic carbocycles. The zero-order valence-electron chi connectivity index (χ0n) is 11.2. The van der Waals surface area contributed by atoms with Gasteiger partial charge in [0, 0.05) is 17.3 Å². The molecule has 0 radical (unpaired) electrons. The van der Waals surface area contributed by atoms with E-state index >= 15 is 0 Å². The Labute approximate surface area is 124 Å². The van der Waals surface area contributed by atoms with Gasteiger partial charge in [0.25, 0.3) is 5.82 Å². The van der Waals surface area contributed by atoms with E-state index < -0.39 is 0 Å². The second-order valence-corrected chi connectivity index (χ2v) is 5.22. The number of rotatable bonds is 0. The predicted molar refractivity (Wildman–Crippen MR) is 76.5 cm³/mol. The maximum absolute atomic E-state index is 5.89. The van der Waals surface area contributed by atoms with Crippen molar-refractivity contribution in [3.63, 3.8) is 0 Å². The van der Waals surface area contributed by atoms with Crippen LogP contribution in [0.15, 0.2) is 71.8 Å². The molecule has 0 amide bonds. The molecule has 0 bridgehead atoms. The van der Waals surface area contributed by atoms with Gasteiger partial charge in [-0.15, -0.1) is 0 Å². The van der Waals surface area contributed by atoms with E-state index in [4.69, 9.17) is 5.73 Å². The van der Waals surface area contributed by atoms with Gasteiger partial charge in [-0.2, -0.15) is 0 Å². The molecular weight excluding hydrogens is 270 g/mol. The van der Waals surface area contributed by atoms with E-state index in [0.717, 1.165) is 5.70 Å². The summed E-state index contributed by atoms with van der Waals surface area (Å²) in [4.78, 5) is 2.45. The van der Waals surface area contributed by atoms with Crippen LogP contribution in [0.2, 0.25) is 0 Å². The van der Waals surface area contributed by atoms with Crippen molar-refractivity contribution in [3.8, 4) is 0 Å². The fourth-order valence-corrected chi connectivity index (χ4v) is 3.24. The van der Waals surface area contributed by atoms with Crippen molar-refractivity contribution in [3.05, 3.63) is 71.8 Å². The summed E-state index contributed by atoms with van der Waals surface area (Å²) in [6, 6.07) is 0.612. The highest BCUT2D eigenvalue weighted by atomic mass is 35.5. The SMILES string of the molecule is C[N+]1=C2C=CC=CC2N2C1=CC=C1C=C(N)C=CC12.[Cl-]. The summed E-state index contributed by atoms with van der Waals surface area (Å²) in [6.07, 6.45) is 19.3. The van der Waals surface area contributed by atoms with Gasteiger partial charge in [-0.05, 0) is 36.5 Å². The minimum atomic E-state index is 0. The lowest BCUT2D eigenvalue weighted by molar-refractivity contribution is -0.451. The van der Waals surface area contributed by atoms with Gasteiger partial charge in [-0.1, -0.05) is 12.2 Å². The van der Waals surface area contributed by atoms with Gasteiger partial charge >= 0.3 is 0 Å². The highest BCUT2D eigenvalue weighted by molar-refractivity contribution is 5.99. The molecule has 4 aliphatic rings. The third-order valence-electron chi connectivity index (χ3n) is 4.14. The summed E-state index contributed by atoms with van der Waals surface area (Å²) in [6.45, 7) is 0. The molecule has 0 aromatic carbocycles. The Morgan fingerprint density at radius 3 is 2.80 bits per heavy atom. The van der Waals surface area contributed by atoms with E-state index in [9.17, 15) is 0 Å². The largest absolute Gasteiger partial charge is 1.00 e. The molecule has 20 heavy (non-hydrogen) atoms. The van der Waals surface area contributed by atoms with Crippen LogP contribution < -0.4 is 18.1 Å². The van der Waals surface area contributed by atoms with E-state index in [0.29, 0.717) is 6.04 Å². The maximum atomic E-state index is 5.89. The molecular formula is C16H16ClN3. The van der Waals surface area contributed by atoms with Crippen molar-refractivity contribution >= 4 is 5.71 Å². The molecule has 4 rings (SSSR count). The van der Waals surface area contributed by atoms with E-state index in [1.54, 1.807) is 0 Å². The third-order valence-corrected chi connectivity index (χ3v) is 4.14. The Morgan fingerprint density at radius 2 is 1.95 bits per heavy atom. The molecule has 0 spiro atoms. The van der Waals surface area contributed by atoms with Crippen LogP contribution >= 0.6 is 0 Å². The number of nitrogens with zero attached hydrogens (tertiary/aromatic N) is 2. The third kappa shape index (κ3) is 1.63. The van der Waals surface area contributed by atoms with Crippen LogP contribution in [0, 0.1) is 0 Å². The Bertz CT molecular complexity index is 674. The first-order valence-corrected chi connectivity index (χ1v) is 6.57. The Balaban J connectivity index is 0.00000121. The fraction of sp³-hybridized carbons (Fsp3) is 0.188. The van der Waals surface area contributed by atoms with Crippen molar-refractivity contribution in [2.24, 2.45) is 5.73 Å². The number of halogens is 1. The molecule has 102 valence electrons. The number of hydrogen-bond acceptors (Lipinski definition) is 2. The topological polar surface area (TPSA) is 32.3 Å². The summed E-state index contributed by atoms with van der Waals surface area (Å²) < 4.78 is 2.27. The lowest BCUT2D eigenvalue weighted by atomic mass is 9.94. The minimum Gasteiger partial charge on any atom is -1.00 e. The molecule has 2 atom stereocenters. The molecule has 0 aromatic rings. The van der Waals surface area contributed by atoms with Crippen LogP contribution in [0.3, 0.4) is 0 Å². The molecule has 0 saturated carbocycles. The number of nitrogens with two attached hydrogens (primary N) is 1. The summed E-state index contributed by atoms with van der Waals surface area (Å²) in [7, 11) is 2.13. The summed E-state index contributed by atoms with van der Waals surface area (Å²) in [5.41, 5.74) is 9.32. The van der Waals surface area contributed by atoms with Gasteiger partial charge in [0.15, 0.2) is 11.8 Å². The molecule has 2 unspecified atom stereocenters. The van der Waals surface area contributed by atoms with Gasteiger partial charge in [-0.3, -0.25) is 0 Å². The van der Waals surface area contributed by atoms with Crippen molar-refractivity contribution in [2.75, 3.05) is 7.05 Å². The van der Waals surface area contributed by atoms with Crippen LogP contribution in [-0.4, -0.2) is 34.3 Å². The molecule has 0 fully saturated rings. The first-order chi connectivity index (χ1) is 9.25. The zero-order chi connectivity index (χ0) is 13.0. The summed E-state index contributed by atoms with van der Waals surface area (Å²) in [5.74, 6) is 1.25. The molecule has 2 N–H and O–H groups in total. The van der Waals surface area contributed by atoms with Crippen LogP contribution in [0.4, 0.5) is 0 Å². The molecule has 0 aromatic heterocycles. The highest BCUT2D eigenvalue weighted by Gasteiger charge is 2.46. The average Bonchev–Trinajstić information content (AvgIpc) is 2.73. The average molecular weight is 286 g/mol. The fourth-order valence-electron chi connectivity index (χ4n) is 3.24. The van der Waals surface area contributed by atoms with Crippen LogP contribution in [0.5, 0.6) is 0 Å².